The molecule has 4 rings (SSSR count). The van der Waals surface area contributed by atoms with Crippen molar-refractivity contribution in [1.82, 2.24) is 15.0 Å². The van der Waals surface area contributed by atoms with Crippen molar-refractivity contribution in [2.75, 3.05) is 17.2 Å². The molecular weight excluding hydrogens is 346 g/mol. The summed E-state index contributed by atoms with van der Waals surface area (Å²) < 4.78 is 0. The molecule has 26 heavy (non-hydrogen) atoms. The molecule has 0 spiro atoms. The Bertz CT molecular complexity index is 1030. The van der Waals surface area contributed by atoms with Gasteiger partial charge in [-0.3, -0.25) is 0 Å². The molecule has 5 nitrogen and oxygen atoms in total. The van der Waals surface area contributed by atoms with Crippen LogP contribution in [0.5, 0.6) is 0 Å². The number of hydrogen-bond donors (Lipinski definition) is 3. The molecule has 2 heterocycles. The van der Waals surface area contributed by atoms with E-state index in [1.807, 2.05) is 36.4 Å². The van der Waals surface area contributed by atoms with Crippen LogP contribution < -0.4 is 10.6 Å². The highest BCUT2D eigenvalue weighted by atomic mass is 35.5. The van der Waals surface area contributed by atoms with Crippen LogP contribution in [-0.2, 0) is 6.42 Å². The van der Waals surface area contributed by atoms with Crippen molar-refractivity contribution in [2.45, 2.75) is 6.42 Å². The second-order valence-corrected chi connectivity index (χ2v) is 6.37. The lowest BCUT2D eigenvalue weighted by molar-refractivity contribution is 0.991. The van der Waals surface area contributed by atoms with Gasteiger partial charge in [-0.2, -0.15) is 4.98 Å². The quantitative estimate of drug-likeness (QED) is 0.450. The first kappa shape index (κ1) is 16.4. The third-order valence-electron chi connectivity index (χ3n) is 4.10. The number of para-hydroxylation sites is 1. The van der Waals surface area contributed by atoms with E-state index in [0.717, 1.165) is 30.0 Å². The number of rotatable bonds is 6. The van der Waals surface area contributed by atoms with Gasteiger partial charge in [-0.25, -0.2) is 4.98 Å². The molecule has 0 aliphatic heterocycles. The smallest absolute Gasteiger partial charge is 0.224 e. The van der Waals surface area contributed by atoms with Gasteiger partial charge in [0.05, 0.1) is 0 Å². The lowest BCUT2D eigenvalue weighted by Gasteiger charge is -2.08. The fraction of sp³-hybridized carbons (Fsp3) is 0.100. The Kier molecular flexibility index (Phi) is 4.71. The van der Waals surface area contributed by atoms with Crippen LogP contribution in [0.4, 0.5) is 17.5 Å². The van der Waals surface area contributed by atoms with Crippen molar-refractivity contribution in [3.8, 4) is 0 Å². The van der Waals surface area contributed by atoms with E-state index < -0.39 is 0 Å². The SMILES string of the molecule is Clc1cccc(Nc2ccnc(NCCc3c[nH]c4ccccc34)n2)c1. The first-order valence-electron chi connectivity index (χ1n) is 8.42. The molecule has 6 heteroatoms. The van der Waals surface area contributed by atoms with Crippen LogP contribution in [0.1, 0.15) is 5.56 Å². The summed E-state index contributed by atoms with van der Waals surface area (Å²) >= 11 is 6.01. The largest absolute Gasteiger partial charge is 0.361 e. The summed E-state index contributed by atoms with van der Waals surface area (Å²) in [6.07, 6.45) is 4.68. The number of aromatic nitrogens is 3. The number of H-pyrrole nitrogens is 1. The highest BCUT2D eigenvalue weighted by molar-refractivity contribution is 6.30. The van der Waals surface area contributed by atoms with Crippen LogP contribution in [0.25, 0.3) is 10.9 Å². The molecule has 0 saturated heterocycles. The van der Waals surface area contributed by atoms with E-state index in [1.165, 1.54) is 10.9 Å². The lowest BCUT2D eigenvalue weighted by atomic mass is 10.1. The van der Waals surface area contributed by atoms with Gasteiger partial charge in [0.25, 0.3) is 0 Å². The predicted molar refractivity (Wildman–Crippen MR) is 107 cm³/mol. The monoisotopic (exact) mass is 363 g/mol. The van der Waals surface area contributed by atoms with Crippen LogP contribution in [0.15, 0.2) is 67.0 Å². The summed E-state index contributed by atoms with van der Waals surface area (Å²) in [6.45, 7) is 0.752. The number of benzene rings is 2. The summed E-state index contributed by atoms with van der Waals surface area (Å²) in [5.41, 5.74) is 3.33. The Morgan fingerprint density at radius 2 is 1.96 bits per heavy atom. The first-order chi connectivity index (χ1) is 12.8. The summed E-state index contributed by atoms with van der Waals surface area (Å²) in [7, 11) is 0. The normalized spacial score (nSPS) is 10.8. The van der Waals surface area contributed by atoms with Crippen LogP contribution in [0.2, 0.25) is 5.02 Å². The van der Waals surface area contributed by atoms with Gasteiger partial charge in [0.2, 0.25) is 5.95 Å². The number of nitrogens with zero attached hydrogens (tertiary/aromatic N) is 2. The molecule has 130 valence electrons. The summed E-state index contributed by atoms with van der Waals surface area (Å²) in [6, 6.07) is 17.7. The second kappa shape index (κ2) is 7.45. The van der Waals surface area contributed by atoms with Crippen LogP contribution >= 0.6 is 11.6 Å². The minimum Gasteiger partial charge on any atom is -0.361 e. The van der Waals surface area contributed by atoms with Gasteiger partial charge in [-0.15, -0.1) is 0 Å². The zero-order valence-electron chi connectivity index (χ0n) is 14.0. The maximum absolute atomic E-state index is 6.01. The first-order valence-corrected chi connectivity index (χ1v) is 8.80. The molecule has 0 aliphatic rings. The lowest BCUT2D eigenvalue weighted by Crippen LogP contribution is -2.08. The van der Waals surface area contributed by atoms with Gasteiger partial charge in [0, 0.05) is 40.6 Å². The maximum atomic E-state index is 6.01. The van der Waals surface area contributed by atoms with Crippen molar-refractivity contribution >= 4 is 40.0 Å². The fourth-order valence-electron chi connectivity index (χ4n) is 2.88. The molecule has 0 aliphatic carbocycles. The molecule has 0 saturated carbocycles. The highest BCUT2D eigenvalue weighted by Gasteiger charge is 2.04. The van der Waals surface area contributed by atoms with E-state index in [2.05, 4.69) is 50.0 Å². The summed E-state index contributed by atoms with van der Waals surface area (Å²) in [5.74, 6) is 1.31. The minimum absolute atomic E-state index is 0.594. The average Bonchev–Trinajstić information content (AvgIpc) is 3.06. The number of aromatic amines is 1. The van der Waals surface area contributed by atoms with Gasteiger partial charge < -0.3 is 15.6 Å². The van der Waals surface area contributed by atoms with E-state index in [0.29, 0.717) is 11.0 Å². The van der Waals surface area contributed by atoms with Crippen LogP contribution in [0, 0.1) is 0 Å². The third kappa shape index (κ3) is 3.78. The molecule has 0 unspecified atom stereocenters. The van der Waals surface area contributed by atoms with Crippen molar-refractivity contribution < 1.29 is 0 Å². The number of fused-ring (bicyclic) bond motifs is 1. The Labute approximate surface area is 156 Å². The van der Waals surface area contributed by atoms with Gasteiger partial charge in [0.1, 0.15) is 5.82 Å². The highest BCUT2D eigenvalue weighted by Crippen LogP contribution is 2.20. The fourth-order valence-corrected chi connectivity index (χ4v) is 3.07. The van der Waals surface area contributed by atoms with Crippen molar-refractivity contribution in [2.24, 2.45) is 0 Å². The van der Waals surface area contributed by atoms with Crippen LogP contribution in [0.3, 0.4) is 0 Å². The van der Waals surface area contributed by atoms with Crippen molar-refractivity contribution in [1.29, 1.82) is 0 Å². The topological polar surface area (TPSA) is 65.6 Å². The van der Waals surface area contributed by atoms with E-state index in [4.69, 9.17) is 11.6 Å². The molecule has 2 aromatic heterocycles. The van der Waals surface area contributed by atoms with E-state index in [9.17, 15) is 0 Å². The Balaban J connectivity index is 1.39. The van der Waals surface area contributed by atoms with E-state index in [-0.39, 0.29) is 0 Å². The van der Waals surface area contributed by atoms with Gasteiger partial charge in [0.15, 0.2) is 0 Å². The maximum Gasteiger partial charge on any atom is 0.224 e. The molecular formula is C20H18ClN5. The third-order valence-corrected chi connectivity index (χ3v) is 4.34. The Hall–Kier alpha value is -3.05. The Morgan fingerprint density at radius 3 is 2.88 bits per heavy atom. The molecule has 3 N–H and O–H groups in total. The number of halogens is 1. The van der Waals surface area contributed by atoms with Crippen molar-refractivity contribution in [3.63, 3.8) is 0 Å². The van der Waals surface area contributed by atoms with E-state index >= 15 is 0 Å². The zero-order valence-corrected chi connectivity index (χ0v) is 14.8. The van der Waals surface area contributed by atoms with Crippen LogP contribution in [-0.4, -0.2) is 21.5 Å². The van der Waals surface area contributed by atoms with Crippen molar-refractivity contribution in [3.05, 3.63) is 77.6 Å². The predicted octanol–water partition coefficient (Wildman–Crippen LogP) is 5.01. The number of nitrogens with one attached hydrogen (secondary N) is 3. The molecule has 2 aromatic carbocycles. The zero-order chi connectivity index (χ0) is 17.8. The minimum atomic E-state index is 0.594. The molecule has 0 fully saturated rings. The number of anilines is 3. The van der Waals surface area contributed by atoms with Gasteiger partial charge >= 0.3 is 0 Å². The van der Waals surface area contributed by atoms with Gasteiger partial charge in [-0.05, 0) is 42.3 Å². The Morgan fingerprint density at radius 1 is 1.04 bits per heavy atom. The van der Waals surface area contributed by atoms with Gasteiger partial charge in [-0.1, -0.05) is 35.9 Å². The molecule has 0 radical (unpaired) electrons. The van der Waals surface area contributed by atoms with E-state index in [1.54, 1.807) is 6.20 Å². The molecule has 0 atom stereocenters. The standard InChI is InChI=1S/C20H18ClN5/c21-15-4-3-5-16(12-15)25-19-9-11-23-20(26-19)22-10-8-14-13-24-18-7-2-1-6-17(14)18/h1-7,9,11-13,24H,8,10H2,(H2,22,23,25,26). The average molecular weight is 364 g/mol. The molecule has 0 amide bonds. The summed E-state index contributed by atoms with van der Waals surface area (Å²) in [4.78, 5) is 12.1. The number of hydrogen-bond acceptors (Lipinski definition) is 4. The molecule has 0 bridgehead atoms. The second-order valence-electron chi connectivity index (χ2n) is 5.94. The molecule has 4 aromatic rings. The summed E-state index contributed by atoms with van der Waals surface area (Å²) in [5, 5.41) is 8.45.